The van der Waals surface area contributed by atoms with Gasteiger partial charge in [-0.15, -0.1) is 0 Å². The molecule has 0 spiro atoms. The molecular formula is C10H16. The van der Waals surface area contributed by atoms with Crippen LogP contribution >= 0.6 is 0 Å². The Morgan fingerprint density at radius 2 is 2.40 bits per heavy atom. The lowest BCUT2D eigenvalue weighted by atomic mass is 9.79. The first-order chi connectivity index (χ1) is 4.70. The summed E-state index contributed by atoms with van der Waals surface area (Å²) in [6.07, 6.45) is 6.19. The zero-order valence-electron chi connectivity index (χ0n) is 6.98. The van der Waals surface area contributed by atoms with Crippen LogP contribution < -0.4 is 0 Å². The molecule has 0 aromatic carbocycles. The van der Waals surface area contributed by atoms with Gasteiger partial charge in [-0.05, 0) is 44.4 Å². The van der Waals surface area contributed by atoms with Crippen LogP contribution in [0.4, 0.5) is 0 Å². The first-order valence-corrected chi connectivity index (χ1v) is 4.00. The second kappa shape index (κ2) is 3.23. The highest BCUT2D eigenvalue weighted by molar-refractivity contribution is 5.10. The Morgan fingerprint density at radius 1 is 1.70 bits per heavy atom. The normalized spacial score (nSPS) is 28.4. The molecule has 0 heterocycles. The maximum absolute atomic E-state index is 3.97. The molecule has 1 aliphatic carbocycles. The van der Waals surface area contributed by atoms with Gasteiger partial charge in [-0.2, -0.15) is 0 Å². The molecule has 2 radical (unpaired) electrons. The lowest BCUT2D eigenvalue weighted by molar-refractivity contribution is 0.529. The third-order valence-corrected chi connectivity index (χ3v) is 2.22. The Hall–Kier alpha value is -0.260. The van der Waals surface area contributed by atoms with Gasteiger partial charge in [-0.1, -0.05) is 19.1 Å². The molecule has 1 rings (SSSR count). The molecule has 0 amide bonds. The summed E-state index contributed by atoms with van der Waals surface area (Å²) in [5.41, 5.74) is 1.32. The first kappa shape index (κ1) is 7.84. The van der Waals surface area contributed by atoms with Crippen LogP contribution in [-0.4, -0.2) is 0 Å². The lowest BCUT2D eigenvalue weighted by Crippen LogP contribution is -2.12. The summed E-state index contributed by atoms with van der Waals surface area (Å²) in [4.78, 5) is 0. The standard InChI is InChI=1S/C10H16/c1-8(2)10-6-4-5-9(3)7-10/h6,10H,1,4-5,7H2,2-3H3. The minimum absolute atomic E-state index is 0.675. The summed E-state index contributed by atoms with van der Waals surface area (Å²) in [7, 11) is 0. The highest BCUT2D eigenvalue weighted by Gasteiger charge is 2.19. The average molecular weight is 136 g/mol. The van der Waals surface area contributed by atoms with E-state index in [1.807, 2.05) is 0 Å². The predicted octanol–water partition coefficient (Wildman–Crippen LogP) is 3.16. The quantitative estimate of drug-likeness (QED) is 0.486. The van der Waals surface area contributed by atoms with Crippen molar-refractivity contribution in [3.8, 4) is 0 Å². The summed E-state index contributed by atoms with van der Waals surface area (Å²) in [6.45, 7) is 8.35. The van der Waals surface area contributed by atoms with Crippen molar-refractivity contribution in [3.63, 3.8) is 0 Å². The summed E-state index contributed by atoms with van der Waals surface area (Å²) in [5, 5.41) is 0. The average Bonchev–Trinajstić information content (AvgIpc) is 1.88. The Balaban J connectivity index is 2.39. The number of rotatable bonds is 1. The zero-order chi connectivity index (χ0) is 7.56. The number of allylic oxidation sites excluding steroid dienone is 1. The number of hydrogen-bond donors (Lipinski definition) is 0. The fraction of sp³-hybridized carbons (Fsp3) is 0.600. The third kappa shape index (κ3) is 1.86. The van der Waals surface area contributed by atoms with Crippen molar-refractivity contribution in [1.82, 2.24) is 0 Å². The molecular weight excluding hydrogens is 120 g/mol. The van der Waals surface area contributed by atoms with E-state index in [9.17, 15) is 0 Å². The molecule has 0 aromatic heterocycles. The van der Waals surface area contributed by atoms with E-state index in [0.717, 1.165) is 0 Å². The van der Waals surface area contributed by atoms with Crippen LogP contribution in [0.25, 0.3) is 0 Å². The van der Waals surface area contributed by atoms with Gasteiger partial charge in [0.2, 0.25) is 0 Å². The van der Waals surface area contributed by atoms with E-state index in [2.05, 4.69) is 26.8 Å². The SMILES string of the molecule is C=C(C)C1[CH]CC[C](C)C1. The summed E-state index contributed by atoms with van der Waals surface area (Å²) in [6, 6.07) is 0. The van der Waals surface area contributed by atoms with Crippen molar-refractivity contribution in [2.75, 3.05) is 0 Å². The Bertz CT molecular complexity index is 124. The molecule has 1 aliphatic rings. The van der Waals surface area contributed by atoms with Crippen molar-refractivity contribution < 1.29 is 0 Å². The summed E-state index contributed by atoms with van der Waals surface area (Å²) >= 11 is 0. The van der Waals surface area contributed by atoms with E-state index in [4.69, 9.17) is 0 Å². The molecule has 1 atom stereocenters. The van der Waals surface area contributed by atoms with Crippen LogP contribution in [0.1, 0.15) is 33.1 Å². The summed E-state index contributed by atoms with van der Waals surface area (Å²) in [5.74, 6) is 2.31. The Labute approximate surface area is 64.3 Å². The maximum Gasteiger partial charge on any atom is -0.0172 e. The topological polar surface area (TPSA) is 0 Å². The third-order valence-electron chi connectivity index (χ3n) is 2.22. The van der Waals surface area contributed by atoms with Gasteiger partial charge in [0.15, 0.2) is 0 Å². The van der Waals surface area contributed by atoms with Gasteiger partial charge >= 0.3 is 0 Å². The highest BCUT2D eigenvalue weighted by atomic mass is 14.2. The van der Waals surface area contributed by atoms with E-state index >= 15 is 0 Å². The van der Waals surface area contributed by atoms with Crippen LogP contribution in [0, 0.1) is 18.3 Å². The van der Waals surface area contributed by atoms with E-state index in [1.54, 1.807) is 5.92 Å². The molecule has 0 N–H and O–H groups in total. The number of hydrogen-bond acceptors (Lipinski definition) is 0. The van der Waals surface area contributed by atoms with Crippen LogP contribution in [0.3, 0.4) is 0 Å². The van der Waals surface area contributed by atoms with Crippen molar-refractivity contribution in [3.05, 3.63) is 24.5 Å². The molecule has 56 valence electrons. The smallest absolute Gasteiger partial charge is 0.0172 e. The van der Waals surface area contributed by atoms with E-state index in [0.29, 0.717) is 5.92 Å². The molecule has 1 unspecified atom stereocenters. The molecule has 1 fully saturated rings. The Kier molecular flexibility index (Phi) is 2.53. The van der Waals surface area contributed by atoms with Gasteiger partial charge in [0, 0.05) is 0 Å². The van der Waals surface area contributed by atoms with Gasteiger partial charge in [-0.3, -0.25) is 0 Å². The first-order valence-electron chi connectivity index (χ1n) is 4.00. The maximum atomic E-state index is 3.97. The largest absolute Gasteiger partial charge is 0.0998 e. The fourth-order valence-corrected chi connectivity index (χ4v) is 1.47. The molecule has 0 heteroatoms. The van der Waals surface area contributed by atoms with Crippen LogP contribution in [0.5, 0.6) is 0 Å². The molecule has 0 bridgehead atoms. The van der Waals surface area contributed by atoms with Crippen molar-refractivity contribution >= 4 is 0 Å². The van der Waals surface area contributed by atoms with Gasteiger partial charge in [0.25, 0.3) is 0 Å². The van der Waals surface area contributed by atoms with Gasteiger partial charge in [-0.25, -0.2) is 0 Å². The van der Waals surface area contributed by atoms with Crippen LogP contribution in [-0.2, 0) is 0 Å². The van der Waals surface area contributed by atoms with Crippen molar-refractivity contribution in [1.29, 1.82) is 0 Å². The molecule has 0 nitrogen and oxygen atoms in total. The van der Waals surface area contributed by atoms with Gasteiger partial charge in [0.05, 0.1) is 0 Å². The van der Waals surface area contributed by atoms with E-state index < -0.39 is 0 Å². The zero-order valence-corrected chi connectivity index (χ0v) is 6.98. The monoisotopic (exact) mass is 136 g/mol. The van der Waals surface area contributed by atoms with Crippen LogP contribution in [0.2, 0.25) is 0 Å². The van der Waals surface area contributed by atoms with Gasteiger partial charge < -0.3 is 0 Å². The molecule has 0 saturated heterocycles. The predicted molar refractivity (Wildman–Crippen MR) is 45.4 cm³/mol. The minimum Gasteiger partial charge on any atom is -0.0998 e. The molecule has 10 heavy (non-hydrogen) atoms. The fourth-order valence-electron chi connectivity index (χ4n) is 1.47. The molecule has 0 aliphatic heterocycles. The van der Waals surface area contributed by atoms with E-state index in [1.165, 1.54) is 24.8 Å². The second-order valence-electron chi connectivity index (χ2n) is 3.39. The summed E-state index contributed by atoms with van der Waals surface area (Å²) < 4.78 is 0. The van der Waals surface area contributed by atoms with Crippen LogP contribution in [0.15, 0.2) is 12.2 Å². The van der Waals surface area contributed by atoms with Crippen molar-refractivity contribution in [2.24, 2.45) is 5.92 Å². The second-order valence-corrected chi connectivity index (χ2v) is 3.39. The molecule has 1 saturated carbocycles. The minimum atomic E-state index is 0.675. The highest BCUT2D eigenvalue weighted by Crippen LogP contribution is 2.32. The lowest BCUT2D eigenvalue weighted by Gasteiger charge is -2.26. The Morgan fingerprint density at radius 3 is 2.80 bits per heavy atom. The van der Waals surface area contributed by atoms with Crippen molar-refractivity contribution in [2.45, 2.75) is 33.1 Å². The van der Waals surface area contributed by atoms with Gasteiger partial charge in [0.1, 0.15) is 0 Å². The molecule has 0 aromatic rings. The van der Waals surface area contributed by atoms with E-state index in [-0.39, 0.29) is 0 Å².